The normalized spacial score (nSPS) is 16.5. The Morgan fingerprint density at radius 2 is 2.00 bits per heavy atom. The number of anilines is 1. The van der Waals surface area contributed by atoms with Crippen molar-refractivity contribution in [1.82, 2.24) is 4.90 Å². The lowest BCUT2D eigenvalue weighted by molar-refractivity contribution is -0.116. The van der Waals surface area contributed by atoms with Crippen LogP contribution in [0, 0.1) is 5.82 Å². The number of carbonyl (C=O) groups is 2. The third-order valence-electron chi connectivity index (χ3n) is 4.06. The molecule has 0 aromatic heterocycles. The van der Waals surface area contributed by atoms with Gasteiger partial charge in [-0.1, -0.05) is 12.1 Å². The van der Waals surface area contributed by atoms with Crippen molar-refractivity contribution < 1.29 is 18.7 Å². The lowest BCUT2D eigenvalue weighted by Gasteiger charge is -2.31. The number of halogens is 2. The van der Waals surface area contributed by atoms with Crippen LogP contribution in [0.3, 0.4) is 0 Å². The summed E-state index contributed by atoms with van der Waals surface area (Å²) in [5.74, 6) is 0.195. The second-order valence-electron chi connectivity index (χ2n) is 5.74. The average molecular weight is 419 g/mol. The molecule has 0 saturated heterocycles. The maximum atomic E-state index is 13.2. The third-order valence-corrected chi connectivity index (χ3v) is 4.71. The van der Waals surface area contributed by atoms with Crippen molar-refractivity contribution in [2.75, 3.05) is 12.4 Å². The maximum absolute atomic E-state index is 13.2. The van der Waals surface area contributed by atoms with Crippen molar-refractivity contribution in [3.05, 3.63) is 70.6 Å². The van der Waals surface area contributed by atoms with Gasteiger partial charge in [0.2, 0.25) is 0 Å². The van der Waals surface area contributed by atoms with Gasteiger partial charge in [0.25, 0.3) is 0 Å². The summed E-state index contributed by atoms with van der Waals surface area (Å²) in [6, 6.07) is 10.1. The lowest BCUT2D eigenvalue weighted by Crippen LogP contribution is -2.37. The highest BCUT2D eigenvalue weighted by molar-refractivity contribution is 9.10. The van der Waals surface area contributed by atoms with E-state index in [1.54, 1.807) is 37.4 Å². The van der Waals surface area contributed by atoms with Gasteiger partial charge >= 0.3 is 6.03 Å². The molecule has 0 spiro atoms. The van der Waals surface area contributed by atoms with Crippen LogP contribution in [0.2, 0.25) is 0 Å². The van der Waals surface area contributed by atoms with E-state index in [0.29, 0.717) is 21.5 Å². The van der Waals surface area contributed by atoms with E-state index in [-0.39, 0.29) is 18.0 Å². The van der Waals surface area contributed by atoms with Crippen LogP contribution in [0.1, 0.15) is 18.0 Å². The van der Waals surface area contributed by atoms with Gasteiger partial charge in [-0.25, -0.2) is 9.18 Å². The van der Waals surface area contributed by atoms with Crippen molar-refractivity contribution >= 4 is 33.4 Å². The predicted octanol–water partition coefficient (Wildman–Crippen LogP) is 4.66. The number of ketones is 1. The highest BCUT2D eigenvalue weighted by Crippen LogP contribution is 2.31. The molecule has 1 heterocycles. The van der Waals surface area contributed by atoms with Gasteiger partial charge < -0.3 is 10.1 Å². The third kappa shape index (κ3) is 3.94. The predicted molar refractivity (Wildman–Crippen MR) is 99.5 cm³/mol. The fourth-order valence-electron chi connectivity index (χ4n) is 2.70. The molecule has 2 aromatic carbocycles. The van der Waals surface area contributed by atoms with Gasteiger partial charge in [0.15, 0.2) is 5.78 Å². The van der Waals surface area contributed by atoms with Crippen LogP contribution >= 0.6 is 15.9 Å². The van der Waals surface area contributed by atoms with E-state index in [2.05, 4.69) is 21.2 Å². The van der Waals surface area contributed by atoms with E-state index in [4.69, 9.17) is 4.74 Å². The summed E-state index contributed by atoms with van der Waals surface area (Å²) >= 11 is 3.39. The molecule has 5 nitrogen and oxygen atoms in total. The first-order valence-electron chi connectivity index (χ1n) is 7.87. The summed E-state index contributed by atoms with van der Waals surface area (Å²) in [5, 5.41) is 2.81. The number of hydrogen-bond acceptors (Lipinski definition) is 3. The standard InChI is InChI=1S/C19H16BrFN2O3/c1-26-15-6-7-17(16(20)11-15)22-19(25)23-9-8-14(24)10-18(23)12-2-4-13(21)5-3-12/h2-9,11,18H,10H2,1H3,(H,22,25). The first-order chi connectivity index (χ1) is 12.5. The van der Waals surface area contributed by atoms with Crippen LogP contribution in [-0.4, -0.2) is 23.8 Å². The van der Waals surface area contributed by atoms with Crippen molar-refractivity contribution in [1.29, 1.82) is 0 Å². The second-order valence-corrected chi connectivity index (χ2v) is 6.59. The van der Waals surface area contributed by atoms with Crippen molar-refractivity contribution in [3.8, 4) is 5.75 Å². The molecule has 26 heavy (non-hydrogen) atoms. The Morgan fingerprint density at radius 1 is 1.27 bits per heavy atom. The summed E-state index contributed by atoms with van der Waals surface area (Å²) in [7, 11) is 1.56. The van der Waals surface area contributed by atoms with Crippen LogP contribution in [0.4, 0.5) is 14.9 Å². The van der Waals surface area contributed by atoms with Gasteiger partial charge in [0.05, 0.1) is 18.8 Å². The number of urea groups is 1. The fourth-order valence-corrected chi connectivity index (χ4v) is 3.16. The first kappa shape index (κ1) is 18.1. The first-order valence-corrected chi connectivity index (χ1v) is 8.66. The van der Waals surface area contributed by atoms with Crippen LogP contribution in [0.5, 0.6) is 5.75 Å². The van der Waals surface area contributed by atoms with E-state index in [9.17, 15) is 14.0 Å². The number of ether oxygens (including phenoxy) is 1. The minimum Gasteiger partial charge on any atom is -0.497 e. The largest absolute Gasteiger partial charge is 0.497 e. The molecule has 1 N–H and O–H groups in total. The quantitative estimate of drug-likeness (QED) is 0.788. The minimum absolute atomic E-state index is 0.0889. The molecule has 2 amide bonds. The Hall–Kier alpha value is -2.67. The maximum Gasteiger partial charge on any atom is 0.326 e. The van der Waals surface area contributed by atoms with Crippen molar-refractivity contribution in [3.63, 3.8) is 0 Å². The van der Waals surface area contributed by atoms with E-state index >= 15 is 0 Å². The second kappa shape index (κ2) is 7.70. The number of nitrogens with zero attached hydrogens (tertiary/aromatic N) is 1. The topological polar surface area (TPSA) is 58.6 Å². The Labute approximate surface area is 158 Å². The molecule has 0 fully saturated rings. The minimum atomic E-state index is -0.495. The molecule has 2 aromatic rings. The summed E-state index contributed by atoms with van der Waals surface area (Å²) in [6.45, 7) is 0. The Morgan fingerprint density at radius 3 is 2.65 bits per heavy atom. The van der Waals surface area contributed by atoms with E-state index < -0.39 is 12.1 Å². The SMILES string of the molecule is COc1ccc(NC(=O)N2C=CC(=O)CC2c2ccc(F)cc2)c(Br)c1. The number of methoxy groups -OCH3 is 1. The number of amides is 2. The highest BCUT2D eigenvalue weighted by Gasteiger charge is 2.29. The Balaban J connectivity index is 1.84. The molecule has 0 aliphatic carbocycles. The van der Waals surface area contributed by atoms with Gasteiger partial charge in [-0.05, 0) is 57.9 Å². The van der Waals surface area contributed by atoms with E-state index in [0.717, 1.165) is 0 Å². The molecule has 1 aliphatic rings. The van der Waals surface area contributed by atoms with Gasteiger partial charge in [0, 0.05) is 17.1 Å². The summed E-state index contributed by atoms with van der Waals surface area (Å²) in [5.41, 5.74) is 1.26. The van der Waals surface area contributed by atoms with Gasteiger partial charge in [-0.3, -0.25) is 9.69 Å². The number of benzene rings is 2. The molecule has 1 atom stereocenters. The molecule has 7 heteroatoms. The Kier molecular flexibility index (Phi) is 5.37. The van der Waals surface area contributed by atoms with Crippen LogP contribution in [0.25, 0.3) is 0 Å². The number of allylic oxidation sites excluding steroid dienone is 1. The highest BCUT2D eigenvalue weighted by atomic mass is 79.9. The summed E-state index contributed by atoms with van der Waals surface area (Å²) < 4.78 is 19.0. The van der Waals surface area contributed by atoms with Gasteiger partial charge in [-0.2, -0.15) is 0 Å². The van der Waals surface area contributed by atoms with E-state index in [1.165, 1.54) is 29.3 Å². The lowest BCUT2D eigenvalue weighted by atomic mass is 9.97. The average Bonchev–Trinajstić information content (AvgIpc) is 2.63. The molecular weight excluding hydrogens is 403 g/mol. The number of rotatable bonds is 3. The molecule has 0 radical (unpaired) electrons. The molecule has 1 aliphatic heterocycles. The molecule has 1 unspecified atom stereocenters. The van der Waals surface area contributed by atoms with Crippen molar-refractivity contribution in [2.45, 2.75) is 12.5 Å². The van der Waals surface area contributed by atoms with Crippen LogP contribution < -0.4 is 10.1 Å². The molecule has 3 rings (SSSR count). The van der Waals surface area contributed by atoms with Gasteiger partial charge in [0.1, 0.15) is 11.6 Å². The molecule has 0 bridgehead atoms. The van der Waals surface area contributed by atoms with Crippen molar-refractivity contribution in [2.24, 2.45) is 0 Å². The molecule has 134 valence electrons. The molecule has 0 saturated carbocycles. The zero-order valence-corrected chi connectivity index (χ0v) is 15.5. The summed E-state index contributed by atoms with van der Waals surface area (Å²) in [6.07, 6.45) is 2.95. The zero-order chi connectivity index (χ0) is 18.7. The number of nitrogens with one attached hydrogen (secondary N) is 1. The van der Waals surface area contributed by atoms with Gasteiger partial charge in [-0.15, -0.1) is 0 Å². The number of hydrogen-bond donors (Lipinski definition) is 1. The van der Waals surface area contributed by atoms with Crippen LogP contribution in [0.15, 0.2) is 59.2 Å². The van der Waals surface area contributed by atoms with Crippen LogP contribution in [-0.2, 0) is 4.79 Å². The van der Waals surface area contributed by atoms with E-state index in [1.807, 2.05) is 0 Å². The number of carbonyl (C=O) groups excluding carboxylic acids is 2. The monoisotopic (exact) mass is 418 g/mol. The molecular formula is C19H16BrFN2O3. The Bertz CT molecular complexity index is 868. The smallest absolute Gasteiger partial charge is 0.326 e. The zero-order valence-electron chi connectivity index (χ0n) is 13.9. The fraction of sp³-hybridized carbons (Fsp3) is 0.158. The summed E-state index contributed by atoms with van der Waals surface area (Å²) in [4.78, 5) is 26.0.